The van der Waals surface area contributed by atoms with Crippen molar-refractivity contribution in [2.75, 3.05) is 19.1 Å². The van der Waals surface area contributed by atoms with Gasteiger partial charge < -0.3 is 9.73 Å². The topological polar surface area (TPSA) is 59.3 Å². The minimum absolute atomic E-state index is 0.0639. The van der Waals surface area contributed by atoms with Gasteiger partial charge in [-0.25, -0.2) is 8.42 Å². The third-order valence-corrected chi connectivity index (χ3v) is 3.47. The Morgan fingerprint density at radius 3 is 2.60 bits per heavy atom. The van der Waals surface area contributed by atoms with Gasteiger partial charge in [-0.2, -0.15) is 0 Å². The molecule has 86 valence electrons. The van der Waals surface area contributed by atoms with Crippen LogP contribution in [0.2, 0.25) is 0 Å². The summed E-state index contributed by atoms with van der Waals surface area (Å²) in [5, 5.41) is 3.03. The first-order chi connectivity index (χ1) is 6.92. The fourth-order valence-electron chi connectivity index (χ4n) is 1.28. The zero-order chi connectivity index (χ0) is 11.5. The average molecular weight is 296 g/mol. The number of halogens is 1. The predicted octanol–water partition coefficient (Wildman–Crippen LogP) is 1.74. The number of rotatable bonds is 5. The minimum Gasteiger partial charge on any atom is -0.453 e. The molecule has 0 aliphatic carbocycles. The maximum Gasteiger partial charge on any atom is 0.169 e. The Kier molecular flexibility index (Phi) is 4.36. The van der Waals surface area contributed by atoms with E-state index in [0.29, 0.717) is 11.1 Å². The van der Waals surface area contributed by atoms with Crippen LogP contribution in [-0.4, -0.2) is 27.5 Å². The van der Waals surface area contributed by atoms with Crippen molar-refractivity contribution >= 4 is 25.8 Å². The third-order valence-electron chi connectivity index (χ3n) is 2.06. The lowest BCUT2D eigenvalue weighted by Gasteiger charge is -2.12. The molecule has 0 spiro atoms. The standard InChI is InChI=1S/C9H14BrNO3S/c1-11-7(5-6-15(2,12)13)8-3-4-9(10)14-8/h3-4,7,11H,5-6H2,1-2H3. The molecule has 1 unspecified atom stereocenters. The summed E-state index contributed by atoms with van der Waals surface area (Å²) < 4.78 is 28.1. The number of hydrogen-bond donors (Lipinski definition) is 1. The van der Waals surface area contributed by atoms with Crippen molar-refractivity contribution in [2.45, 2.75) is 12.5 Å². The monoisotopic (exact) mass is 295 g/mol. The second kappa shape index (κ2) is 5.14. The number of furan rings is 1. The van der Waals surface area contributed by atoms with E-state index in [4.69, 9.17) is 4.42 Å². The lowest BCUT2D eigenvalue weighted by molar-refractivity contribution is 0.412. The molecule has 15 heavy (non-hydrogen) atoms. The van der Waals surface area contributed by atoms with Crippen LogP contribution in [0.4, 0.5) is 0 Å². The Morgan fingerprint density at radius 2 is 2.20 bits per heavy atom. The Labute approximate surface area is 98.1 Å². The van der Waals surface area contributed by atoms with Crippen LogP contribution in [0.5, 0.6) is 0 Å². The molecule has 0 aliphatic heterocycles. The maximum atomic E-state index is 11.0. The fraction of sp³-hybridized carbons (Fsp3) is 0.556. The minimum atomic E-state index is -2.92. The zero-order valence-electron chi connectivity index (χ0n) is 8.66. The highest BCUT2D eigenvalue weighted by atomic mass is 79.9. The SMILES string of the molecule is CNC(CCS(C)(=O)=O)c1ccc(Br)o1. The Morgan fingerprint density at radius 1 is 1.53 bits per heavy atom. The van der Waals surface area contributed by atoms with Crippen LogP contribution in [0.25, 0.3) is 0 Å². The molecule has 0 aromatic carbocycles. The molecule has 1 rings (SSSR count). The van der Waals surface area contributed by atoms with Crippen LogP contribution in [0.1, 0.15) is 18.2 Å². The smallest absolute Gasteiger partial charge is 0.169 e. The molecule has 0 amide bonds. The molecular weight excluding hydrogens is 282 g/mol. The van der Waals surface area contributed by atoms with Crippen molar-refractivity contribution in [3.8, 4) is 0 Å². The predicted molar refractivity (Wildman–Crippen MR) is 62.5 cm³/mol. The van der Waals surface area contributed by atoms with Crippen molar-refractivity contribution in [2.24, 2.45) is 0 Å². The lowest BCUT2D eigenvalue weighted by atomic mass is 10.2. The lowest BCUT2D eigenvalue weighted by Crippen LogP contribution is -2.19. The number of hydrogen-bond acceptors (Lipinski definition) is 4. The zero-order valence-corrected chi connectivity index (χ0v) is 11.1. The van der Waals surface area contributed by atoms with Crippen molar-refractivity contribution in [3.05, 3.63) is 22.6 Å². The van der Waals surface area contributed by atoms with Crippen molar-refractivity contribution < 1.29 is 12.8 Å². The normalized spacial score (nSPS) is 14.1. The van der Waals surface area contributed by atoms with E-state index in [9.17, 15) is 8.42 Å². The highest BCUT2D eigenvalue weighted by Crippen LogP contribution is 2.22. The van der Waals surface area contributed by atoms with Crippen LogP contribution in [-0.2, 0) is 9.84 Å². The molecule has 1 aromatic rings. The van der Waals surface area contributed by atoms with E-state index in [1.165, 1.54) is 6.26 Å². The summed E-state index contributed by atoms with van der Waals surface area (Å²) in [6.07, 6.45) is 1.74. The van der Waals surface area contributed by atoms with E-state index in [2.05, 4.69) is 21.2 Å². The van der Waals surface area contributed by atoms with Gasteiger partial charge in [-0.1, -0.05) is 0 Å². The van der Waals surface area contributed by atoms with E-state index in [-0.39, 0.29) is 11.8 Å². The first-order valence-electron chi connectivity index (χ1n) is 4.52. The summed E-state index contributed by atoms with van der Waals surface area (Å²) in [6, 6.07) is 3.55. The number of sulfone groups is 1. The van der Waals surface area contributed by atoms with Crippen molar-refractivity contribution in [3.63, 3.8) is 0 Å². The van der Waals surface area contributed by atoms with Gasteiger partial charge in [-0.15, -0.1) is 0 Å². The van der Waals surface area contributed by atoms with E-state index in [1.54, 1.807) is 13.1 Å². The maximum absolute atomic E-state index is 11.0. The van der Waals surface area contributed by atoms with Gasteiger partial charge in [0.1, 0.15) is 15.6 Å². The molecule has 1 aromatic heterocycles. The van der Waals surface area contributed by atoms with Gasteiger partial charge in [0.25, 0.3) is 0 Å². The van der Waals surface area contributed by atoms with Gasteiger partial charge >= 0.3 is 0 Å². The molecule has 0 bridgehead atoms. The highest BCUT2D eigenvalue weighted by Gasteiger charge is 2.15. The Hall–Kier alpha value is -0.330. The van der Waals surface area contributed by atoms with Crippen LogP contribution in [0.15, 0.2) is 21.2 Å². The van der Waals surface area contributed by atoms with Gasteiger partial charge in [0.2, 0.25) is 0 Å². The molecular formula is C9H14BrNO3S. The fourth-order valence-corrected chi connectivity index (χ4v) is 2.26. The second-order valence-corrected chi connectivity index (χ2v) is 6.44. The first-order valence-corrected chi connectivity index (χ1v) is 7.38. The van der Waals surface area contributed by atoms with E-state index < -0.39 is 9.84 Å². The van der Waals surface area contributed by atoms with E-state index in [1.807, 2.05) is 6.07 Å². The molecule has 6 heteroatoms. The van der Waals surface area contributed by atoms with Crippen LogP contribution in [0, 0.1) is 0 Å². The summed E-state index contributed by atoms with van der Waals surface area (Å²) in [5.74, 6) is 0.893. The molecule has 1 N–H and O–H groups in total. The summed E-state index contributed by atoms with van der Waals surface area (Å²) in [5.41, 5.74) is 0. The first kappa shape index (κ1) is 12.7. The van der Waals surface area contributed by atoms with E-state index in [0.717, 1.165) is 5.76 Å². The summed E-state index contributed by atoms with van der Waals surface area (Å²) in [4.78, 5) is 0. The van der Waals surface area contributed by atoms with Crippen LogP contribution < -0.4 is 5.32 Å². The van der Waals surface area contributed by atoms with Gasteiger partial charge in [-0.05, 0) is 41.5 Å². The average Bonchev–Trinajstić information content (AvgIpc) is 2.51. The molecule has 0 aliphatic rings. The molecule has 0 fully saturated rings. The molecule has 0 saturated carbocycles. The van der Waals surface area contributed by atoms with Crippen molar-refractivity contribution in [1.29, 1.82) is 0 Å². The molecule has 1 atom stereocenters. The van der Waals surface area contributed by atoms with E-state index >= 15 is 0 Å². The largest absolute Gasteiger partial charge is 0.453 e. The summed E-state index contributed by atoms with van der Waals surface area (Å²) in [6.45, 7) is 0. The third kappa shape index (κ3) is 4.36. The molecule has 1 heterocycles. The molecule has 4 nitrogen and oxygen atoms in total. The van der Waals surface area contributed by atoms with Crippen molar-refractivity contribution in [1.82, 2.24) is 5.32 Å². The summed E-state index contributed by atoms with van der Waals surface area (Å²) in [7, 11) is -1.14. The quantitative estimate of drug-likeness (QED) is 0.899. The summed E-state index contributed by atoms with van der Waals surface area (Å²) >= 11 is 3.21. The Balaban J connectivity index is 2.65. The van der Waals surface area contributed by atoms with Gasteiger partial charge in [0.05, 0.1) is 11.8 Å². The Bertz CT molecular complexity index is 413. The second-order valence-electron chi connectivity index (χ2n) is 3.40. The van der Waals surface area contributed by atoms with Gasteiger partial charge in [0.15, 0.2) is 4.67 Å². The van der Waals surface area contributed by atoms with Gasteiger partial charge in [0, 0.05) is 6.26 Å². The van der Waals surface area contributed by atoms with Crippen LogP contribution >= 0.6 is 15.9 Å². The van der Waals surface area contributed by atoms with Crippen LogP contribution in [0.3, 0.4) is 0 Å². The molecule has 0 saturated heterocycles. The number of nitrogens with one attached hydrogen (secondary N) is 1. The highest BCUT2D eigenvalue weighted by molar-refractivity contribution is 9.10. The molecule has 0 radical (unpaired) electrons. The van der Waals surface area contributed by atoms with Gasteiger partial charge in [-0.3, -0.25) is 0 Å².